The van der Waals surface area contributed by atoms with Gasteiger partial charge < -0.3 is 15.0 Å². The van der Waals surface area contributed by atoms with Crippen molar-refractivity contribution in [2.24, 2.45) is 0 Å². The average molecular weight is 517 g/mol. The van der Waals surface area contributed by atoms with Crippen molar-refractivity contribution < 1.29 is 14.3 Å². The number of carbonyl (C=O) groups is 1. The quantitative estimate of drug-likeness (QED) is 0.301. The summed E-state index contributed by atoms with van der Waals surface area (Å²) in [5, 5.41) is 18.7. The Balaban J connectivity index is 1.29. The molecule has 186 valence electrons. The fourth-order valence-corrected chi connectivity index (χ4v) is 4.89. The second-order valence-electron chi connectivity index (χ2n) is 9.00. The number of amides is 1. The van der Waals surface area contributed by atoms with Gasteiger partial charge in [-0.15, -0.1) is 0 Å². The average Bonchev–Trinajstić information content (AvgIpc) is 3.53. The summed E-state index contributed by atoms with van der Waals surface area (Å²) in [4.78, 5) is 26.9. The minimum atomic E-state index is -0.655. The molecule has 6 rings (SSSR count). The van der Waals surface area contributed by atoms with Crippen molar-refractivity contribution >= 4 is 28.4 Å². The molecule has 0 bridgehead atoms. The predicted molar refractivity (Wildman–Crippen MR) is 138 cm³/mol. The van der Waals surface area contributed by atoms with Gasteiger partial charge in [-0.2, -0.15) is 5.10 Å². The van der Waals surface area contributed by atoms with Crippen LogP contribution in [-0.4, -0.2) is 47.6 Å². The Morgan fingerprint density at radius 2 is 2.08 bits per heavy atom. The van der Waals surface area contributed by atoms with Crippen molar-refractivity contribution in [2.75, 3.05) is 6.54 Å². The molecule has 10 heteroatoms. The van der Waals surface area contributed by atoms with Crippen LogP contribution in [0.4, 0.5) is 4.39 Å². The highest BCUT2D eigenvalue weighted by Gasteiger charge is 2.26. The number of aryl methyl sites for hydroxylation is 1. The van der Waals surface area contributed by atoms with Gasteiger partial charge in [0.15, 0.2) is 17.4 Å². The number of imidazole rings is 1. The lowest BCUT2D eigenvalue weighted by Crippen LogP contribution is -2.36. The molecule has 0 atom stereocenters. The van der Waals surface area contributed by atoms with Crippen molar-refractivity contribution in [3.63, 3.8) is 0 Å². The number of rotatable bonds is 4. The number of nitrogens with zero attached hydrogens (tertiary/aromatic N) is 4. The molecule has 4 heterocycles. The van der Waals surface area contributed by atoms with Gasteiger partial charge >= 0.3 is 0 Å². The molecule has 37 heavy (non-hydrogen) atoms. The summed E-state index contributed by atoms with van der Waals surface area (Å²) >= 11 is 5.89. The number of fused-ring (bicyclic) bond motifs is 2. The standard InChI is InChI=1S/C27H22ClFN6O2/c1-2-14-10-24(36)19(29)11-18(14)15-3-5-17-22(9-15)33-34-25(17)26-31-20-7-8-35(13-23(20)32-26)27(37)21-6-4-16(28)12-30-21/h3-6,9-12,36H,2,7-8,13H2,1H3,(H,31,32)(H,33,34). The molecule has 3 N–H and O–H groups in total. The molecule has 8 nitrogen and oxygen atoms in total. The Labute approximate surface area is 216 Å². The van der Waals surface area contributed by atoms with E-state index in [1.807, 2.05) is 25.1 Å². The molecule has 3 aromatic heterocycles. The highest BCUT2D eigenvalue weighted by molar-refractivity contribution is 6.30. The van der Waals surface area contributed by atoms with Crippen LogP contribution in [0.5, 0.6) is 5.75 Å². The van der Waals surface area contributed by atoms with Gasteiger partial charge in [-0.1, -0.05) is 24.6 Å². The van der Waals surface area contributed by atoms with Gasteiger partial charge in [0.05, 0.1) is 22.8 Å². The molecular weight excluding hydrogens is 495 g/mol. The Hall–Kier alpha value is -4.24. The molecule has 1 aliphatic rings. The summed E-state index contributed by atoms with van der Waals surface area (Å²) in [6, 6.07) is 11.9. The Bertz CT molecular complexity index is 1660. The maximum absolute atomic E-state index is 14.1. The van der Waals surface area contributed by atoms with Gasteiger partial charge in [-0.3, -0.25) is 9.89 Å². The number of pyridine rings is 1. The number of H-pyrrole nitrogens is 2. The number of halogens is 2. The van der Waals surface area contributed by atoms with Gasteiger partial charge in [-0.25, -0.2) is 14.4 Å². The van der Waals surface area contributed by atoms with Gasteiger partial charge in [-0.05, 0) is 59.5 Å². The third-order valence-corrected chi connectivity index (χ3v) is 6.95. The van der Waals surface area contributed by atoms with E-state index in [2.05, 4.69) is 20.2 Å². The minimum absolute atomic E-state index is 0.165. The third kappa shape index (κ3) is 4.11. The van der Waals surface area contributed by atoms with E-state index in [0.717, 1.165) is 39.0 Å². The molecule has 0 spiro atoms. The van der Waals surface area contributed by atoms with Crippen molar-refractivity contribution in [3.05, 3.63) is 82.1 Å². The maximum Gasteiger partial charge on any atom is 0.272 e. The molecule has 0 saturated carbocycles. The maximum atomic E-state index is 14.1. The van der Waals surface area contributed by atoms with Crippen molar-refractivity contribution in [1.29, 1.82) is 0 Å². The molecule has 5 aromatic rings. The van der Waals surface area contributed by atoms with Crippen LogP contribution in [0.25, 0.3) is 33.5 Å². The highest BCUT2D eigenvalue weighted by Crippen LogP contribution is 2.34. The Morgan fingerprint density at radius 3 is 2.86 bits per heavy atom. The van der Waals surface area contributed by atoms with E-state index in [1.54, 1.807) is 17.0 Å². The molecule has 1 aliphatic heterocycles. The number of aromatic amines is 2. The molecule has 0 unspecified atom stereocenters. The van der Waals surface area contributed by atoms with Gasteiger partial charge in [0, 0.05) is 30.2 Å². The number of hydrogen-bond acceptors (Lipinski definition) is 5. The minimum Gasteiger partial charge on any atom is -0.505 e. The molecule has 0 saturated heterocycles. The molecule has 1 amide bonds. The van der Waals surface area contributed by atoms with E-state index in [0.29, 0.717) is 48.2 Å². The first-order valence-corrected chi connectivity index (χ1v) is 12.3. The van der Waals surface area contributed by atoms with Crippen LogP contribution in [0, 0.1) is 5.82 Å². The fourth-order valence-electron chi connectivity index (χ4n) is 4.77. The van der Waals surface area contributed by atoms with Crippen LogP contribution in [0.1, 0.15) is 34.4 Å². The van der Waals surface area contributed by atoms with Gasteiger partial charge in [0.25, 0.3) is 5.91 Å². The summed E-state index contributed by atoms with van der Waals surface area (Å²) in [5.41, 5.74) is 5.96. The van der Waals surface area contributed by atoms with Crippen molar-refractivity contribution in [2.45, 2.75) is 26.3 Å². The lowest BCUT2D eigenvalue weighted by atomic mass is 9.96. The number of benzene rings is 2. The summed E-state index contributed by atoms with van der Waals surface area (Å²) in [7, 11) is 0. The first-order chi connectivity index (χ1) is 17.9. The van der Waals surface area contributed by atoms with Gasteiger partial charge in [0.1, 0.15) is 11.4 Å². The summed E-state index contributed by atoms with van der Waals surface area (Å²) in [6.07, 6.45) is 2.76. The zero-order valence-electron chi connectivity index (χ0n) is 19.8. The van der Waals surface area contributed by atoms with Crippen LogP contribution in [-0.2, 0) is 19.4 Å². The first-order valence-electron chi connectivity index (χ1n) is 11.9. The largest absolute Gasteiger partial charge is 0.505 e. The van der Waals surface area contributed by atoms with Crippen LogP contribution >= 0.6 is 11.6 Å². The number of carbonyl (C=O) groups excluding carboxylic acids is 1. The number of hydrogen-bond donors (Lipinski definition) is 3. The van der Waals surface area contributed by atoms with Crippen LogP contribution in [0.3, 0.4) is 0 Å². The number of nitrogens with one attached hydrogen (secondary N) is 2. The summed E-state index contributed by atoms with van der Waals surface area (Å²) < 4.78 is 14.1. The SMILES string of the molecule is CCc1cc(O)c(F)cc1-c1ccc2c(-c3nc4c([nH]3)CCN(C(=O)c3ccc(Cl)cn3)C4)n[nH]c2c1. The van der Waals surface area contributed by atoms with Crippen molar-refractivity contribution in [3.8, 4) is 28.4 Å². The number of phenols is 1. The normalized spacial score (nSPS) is 13.2. The summed E-state index contributed by atoms with van der Waals surface area (Å²) in [5.74, 6) is -0.551. The van der Waals surface area contributed by atoms with E-state index in [1.165, 1.54) is 18.3 Å². The molecule has 2 aromatic carbocycles. The zero-order valence-corrected chi connectivity index (χ0v) is 20.6. The lowest BCUT2D eigenvalue weighted by molar-refractivity contribution is 0.0726. The molecule has 0 radical (unpaired) electrons. The lowest BCUT2D eigenvalue weighted by Gasteiger charge is -2.25. The second-order valence-corrected chi connectivity index (χ2v) is 9.43. The van der Waals surface area contributed by atoms with Crippen LogP contribution in [0.15, 0.2) is 48.7 Å². The number of aromatic hydroxyl groups is 1. The molecule has 0 aliphatic carbocycles. The van der Waals surface area contributed by atoms with E-state index >= 15 is 0 Å². The third-order valence-electron chi connectivity index (χ3n) is 6.72. The van der Waals surface area contributed by atoms with E-state index in [-0.39, 0.29) is 11.7 Å². The second kappa shape index (κ2) is 9.01. The summed E-state index contributed by atoms with van der Waals surface area (Å²) in [6.45, 7) is 2.88. The number of aromatic nitrogens is 5. The first kappa shape index (κ1) is 23.2. The smallest absolute Gasteiger partial charge is 0.272 e. The van der Waals surface area contributed by atoms with Crippen molar-refractivity contribution in [1.82, 2.24) is 30.0 Å². The Morgan fingerprint density at radius 1 is 1.22 bits per heavy atom. The molecule has 0 fully saturated rings. The van der Waals surface area contributed by atoms with Gasteiger partial charge in [0.2, 0.25) is 0 Å². The number of phenolic OH excluding ortho intramolecular Hbond substituents is 1. The highest BCUT2D eigenvalue weighted by atomic mass is 35.5. The zero-order chi connectivity index (χ0) is 25.7. The molecular formula is C27H22ClFN6O2. The van der Waals surface area contributed by atoms with Crippen LogP contribution in [0.2, 0.25) is 5.02 Å². The fraction of sp³-hybridized carbons (Fsp3) is 0.185. The monoisotopic (exact) mass is 516 g/mol. The Kier molecular flexibility index (Phi) is 5.64. The predicted octanol–water partition coefficient (Wildman–Crippen LogP) is 5.27. The van der Waals surface area contributed by atoms with Crippen LogP contribution < -0.4 is 0 Å². The van der Waals surface area contributed by atoms with E-state index in [4.69, 9.17) is 16.6 Å². The topological polar surface area (TPSA) is 111 Å². The van der Waals surface area contributed by atoms with E-state index < -0.39 is 5.82 Å². The van der Waals surface area contributed by atoms with E-state index in [9.17, 15) is 14.3 Å².